The number of amides is 1. The summed E-state index contributed by atoms with van der Waals surface area (Å²) < 4.78 is 14.9. The second-order valence-electron chi connectivity index (χ2n) is 7.18. The molecule has 7 heteroatoms. The predicted molar refractivity (Wildman–Crippen MR) is 126 cm³/mol. The molecular formula is C24H22FN3OS2. The van der Waals surface area contributed by atoms with E-state index in [1.54, 1.807) is 35.1 Å². The molecule has 1 amide bonds. The summed E-state index contributed by atoms with van der Waals surface area (Å²) >= 11 is 3.08. The van der Waals surface area contributed by atoms with Crippen molar-refractivity contribution in [3.63, 3.8) is 0 Å². The Labute approximate surface area is 189 Å². The van der Waals surface area contributed by atoms with Crippen molar-refractivity contribution in [3.05, 3.63) is 83.9 Å². The Hall–Kier alpha value is -2.77. The molecule has 31 heavy (non-hydrogen) atoms. The number of hydrogen-bond acceptors (Lipinski definition) is 5. The Kier molecular flexibility index (Phi) is 6.94. The van der Waals surface area contributed by atoms with Crippen LogP contribution in [0.1, 0.15) is 24.0 Å². The van der Waals surface area contributed by atoms with Crippen molar-refractivity contribution in [2.24, 2.45) is 0 Å². The van der Waals surface area contributed by atoms with Gasteiger partial charge in [0.05, 0.1) is 11.2 Å². The first kappa shape index (κ1) is 21.5. The third-order valence-electron chi connectivity index (χ3n) is 4.81. The van der Waals surface area contributed by atoms with E-state index < -0.39 is 0 Å². The van der Waals surface area contributed by atoms with Gasteiger partial charge in [-0.15, -0.1) is 11.8 Å². The smallest absolute Gasteiger partial charge is 0.229 e. The van der Waals surface area contributed by atoms with Crippen molar-refractivity contribution in [2.45, 2.75) is 31.2 Å². The molecule has 2 aromatic heterocycles. The molecule has 0 bridgehead atoms. The fraction of sp³-hybridized carbons (Fsp3) is 0.208. The SMILES string of the molecule is Cc1ccc(SCCCC(=O)N(Cc2ccncc2)c2nc3c(F)cccc3s2)cc1. The van der Waals surface area contributed by atoms with Gasteiger partial charge in [0.15, 0.2) is 5.13 Å². The van der Waals surface area contributed by atoms with Gasteiger partial charge in [0.1, 0.15) is 11.3 Å². The number of aryl methyl sites for hydroxylation is 1. The predicted octanol–water partition coefficient (Wildman–Crippen LogP) is 6.24. The number of carbonyl (C=O) groups excluding carboxylic acids is 1. The molecule has 0 saturated heterocycles. The highest BCUT2D eigenvalue weighted by Gasteiger charge is 2.21. The number of rotatable bonds is 8. The van der Waals surface area contributed by atoms with Gasteiger partial charge in [-0.3, -0.25) is 14.7 Å². The molecule has 4 nitrogen and oxygen atoms in total. The monoisotopic (exact) mass is 451 g/mol. The van der Waals surface area contributed by atoms with Gasteiger partial charge < -0.3 is 0 Å². The van der Waals surface area contributed by atoms with E-state index in [2.05, 4.69) is 41.2 Å². The Bertz CT molecular complexity index is 1160. The lowest BCUT2D eigenvalue weighted by Gasteiger charge is -2.20. The minimum absolute atomic E-state index is 0.0132. The quantitative estimate of drug-likeness (QED) is 0.235. The summed E-state index contributed by atoms with van der Waals surface area (Å²) in [5.41, 5.74) is 2.50. The number of pyridine rings is 1. The number of thioether (sulfide) groups is 1. The number of aromatic nitrogens is 2. The maximum atomic E-state index is 14.2. The summed E-state index contributed by atoms with van der Waals surface area (Å²) in [6.07, 6.45) is 4.56. The number of halogens is 1. The molecule has 158 valence electrons. The number of carbonyl (C=O) groups is 1. The standard InChI is InChI=1S/C24H22FN3OS2/c1-17-7-9-19(10-8-17)30-15-3-6-22(29)28(16-18-11-13-26-14-12-18)24-27-23-20(25)4-2-5-21(23)31-24/h2,4-5,7-14H,3,6,15-16H2,1H3. The molecule has 0 radical (unpaired) electrons. The Morgan fingerprint density at radius 1 is 1.10 bits per heavy atom. The van der Waals surface area contributed by atoms with Crippen molar-refractivity contribution in [1.82, 2.24) is 9.97 Å². The fourth-order valence-corrected chi connectivity index (χ4v) is 4.98. The van der Waals surface area contributed by atoms with E-state index >= 15 is 0 Å². The van der Waals surface area contributed by atoms with E-state index in [0.29, 0.717) is 23.6 Å². The summed E-state index contributed by atoms with van der Waals surface area (Å²) in [4.78, 5) is 24.5. The van der Waals surface area contributed by atoms with E-state index in [1.165, 1.54) is 27.9 Å². The molecule has 0 aliphatic rings. The third kappa shape index (κ3) is 5.48. The molecular weight excluding hydrogens is 429 g/mol. The van der Waals surface area contributed by atoms with Crippen LogP contribution in [0.4, 0.5) is 9.52 Å². The normalized spacial score (nSPS) is 11.0. The van der Waals surface area contributed by atoms with Crippen LogP contribution in [0, 0.1) is 12.7 Å². The Balaban J connectivity index is 1.47. The van der Waals surface area contributed by atoms with Crippen LogP contribution in [0.3, 0.4) is 0 Å². The zero-order chi connectivity index (χ0) is 21.6. The van der Waals surface area contributed by atoms with Crippen molar-refractivity contribution >= 4 is 44.4 Å². The molecule has 4 rings (SSSR count). The van der Waals surface area contributed by atoms with E-state index in [4.69, 9.17) is 0 Å². The fourth-order valence-electron chi connectivity index (χ4n) is 3.13. The highest BCUT2D eigenvalue weighted by molar-refractivity contribution is 7.99. The van der Waals surface area contributed by atoms with Crippen molar-refractivity contribution < 1.29 is 9.18 Å². The summed E-state index contributed by atoms with van der Waals surface area (Å²) in [6, 6.07) is 17.0. The number of para-hydroxylation sites is 1. The molecule has 0 fully saturated rings. The maximum absolute atomic E-state index is 14.2. The van der Waals surface area contributed by atoms with Crippen LogP contribution < -0.4 is 4.90 Å². The van der Waals surface area contributed by atoms with Crippen LogP contribution in [0.2, 0.25) is 0 Å². The van der Waals surface area contributed by atoms with Crippen LogP contribution in [-0.2, 0) is 11.3 Å². The number of fused-ring (bicyclic) bond motifs is 1. The molecule has 0 saturated carbocycles. The largest absolute Gasteiger partial charge is 0.284 e. The van der Waals surface area contributed by atoms with Gasteiger partial charge in [-0.2, -0.15) is 0 Å². The highest BCUT2D eigenvalue weighted by Crippen LogP contribution is 2.32. The highest BCUT2D eigenvalue weighted by atomic mass is 32.2. The second-order valence-corrected chi connectivity index (χ2v) is 9.36. The first-order valence-corrected chi connectivity index (χ1v) is 11.8. The maximum Gasteiger partial charge on any atom is 0.229 e. The molecule has 2 aromatic carbocycles. The molecule has 2 heterocycles. The molecule has 0 unspecified atom stereocenters. The number of thiazole rings is 1. The minimum atomic E-state index is -0.370. The van der Waals surface area contributed by atoms with Gasteiger partial charge in [0.2, 0.25) is 5.91 Å². The van der Waals surface area contributed by atoms with E-state index in [1.807, 2.05) is 18.2 Å². The molecule has 0 N–H and O–H groups in total. The van der Waals surface area contributed by atoms with Crippen LogP contribution in [0.5, 0.6) is 0 Å². The van der Waals surface area contributed by atoms with Crippen LogP contribution in [0.15, 0.2) is 71.9 Å². The number of hydrogen-bond donors (Lipinski definition) is 0. The summed E-state index contributed by atoms with van der Waals surface area (Å²) in [5.74, 6) is 0.471. The first-order chi connectivity index (χ1) is 15.1. The molecule has 4 aromatic rings. The molecule has 0 spiro atoms. The van der Waals surface area contributed by atoms with Gasteiger partial charge in [-0.1, -0.05) is 35.1 Å². The van der Waals surface area contributed by atoms with Gasteiger partial charge in [0, 0.05) is 23.7 Å². The van der Waals surface area contributed by atoms with E-state index in [-0.39, 0.29) is 11.7 Å². The van der Waals surface area contributed by atoms with Crippen LogP contribution >= 0.6 is 23.1 Å². The van der Waals surface area contributed by atoms with E-state index in [9.17, 15) is 9.18 Å². The van der Waals surface area contributed by atoms with Gasteiger partial charge in [-0.25, -0.2) is 9.37 Å². The van der Waals surface area contributed by atoms with Crippen LogP contribution in [0.25, 0.3) is 10.2 Å². The van der Waals surface area contributed by atoms with Crippen molar-refractivity contribution in [2.75, 3.05) is 10.7 Å². The summed E-state index contributed by atoms with van der Waals surface area (Å²) in [6.45, 7) is 2.45. The lowest BCUT2D eigenvalue weighted by atomic mass is 10.2. The van der Waals surface area contributed by atoms with Gasteiger partial charge in [0.25, 0.3) is 0 Å². The molecule has 0 aliphatic heterocycles. The second kappa shape index (κ2) is 10.0. The van der Waals surface area contributed by atoms with Crippen molar-refractivity contribution in [1.29, 1.82) is 0 Å². The minimum Gasteiger partial charge on any atom is -0.284 e. The third-order valence-corrected chi connectivity index (χ3v) is 6.95. The van der Waals surface area contributed by atoms with Gasteiger partial charge in [-0.05, 0) is 61.1 Å². The average Bonchev–Trinajstić information content (AvgIpc) is 3.22. The number of benzene rings is 2. The van der Waals surface area contributed by atoms with Crippen LogP contribution in [-0.4, -0.2) is 21.6 Å². The lowest BCUT2D eigenvalue weighted by molar-refractivity contribution is -0.118. The molecule has 0 atom stereocenters. The average molecular weight is 452 g/mol. The number of anilines is 1. The zero-order valence-corrected chi connectivity index (χ0v) is 18.8. The topological polar surface area (TPSA) is 46.1 Å². The number of nitrogens with zero attached hydrogens (tertiary/aromatic N) is 3. The lowest BCUT2D eigenvalue weighted by Crippen LogP contribution is -2.30. The first-order valence-electron chi connectivity index (χ1n) is 10.0. The summed E-state index contributed by atoms with van der Waals surface area (Å²) in [7, 11) is 0. The summed E-state index contributed by atoms with van der Waals surface area (Å²) in [5, 5.41) is 0.521. The van der Waals surface area contributed by atoms with Crippen molar-refractivity contribution in [3.8, 4) is 0 Å². The zero-order valence-electron chi connectivity index (χ0n) is 17.1. The van der Waals surface area contributed by atoms with E-state index in [0.717, 1.165) is 22.4 Å². The van der Waals surface area contributed by atoms with Gasteiger partial charge >= 0.3 is 0 Å². The Morgan fingerprint density at radius 2 is 1.87 bits per heavy atom. The Morgan fingerprint density at radius 3 is 2.61 bits per heavy atom. The molecule has 0 aliphatic carbocycles.